The molecule has 0 saturated carbocycles. The monoisotopic (exact) mass is 789 g/mol. The number of ether oxygens (including phenoxy) is 1. The zero-order valence-corrected chi connectivity index (χ0v) is 28.5. The van der Waals surface area contributed by atoms with Crippen molar-refractivity contribution in [3.63, 3.8) is 0 Å². The van der Waals surface area contributed by atoms with Gasteiger partial charge >= 0.3 is 6.08 Å². The molecule has 0 aliphatic rings. The lowest BCUT2D eigenvalue weighted by Gasteiger charge is -2.17. The van der Waals surface area contributed by atoms with Crippen LogP contribution in [0.15, 0.2) is 73.3 Å². The number of phenols is 1. The van der Waals surface area contributed by atoms with E-state index >= 15 is 0 Å². The van der Waals surface area contributed by atoms with Crippen molar-refractivity contribution < 1.29 is 61.6 Å². The lowest BCUT2D eigenvalue weighted by atomic mass is 10.1. The van der Waals surface area contributed by atoms with E-state index in [0.29, 0.717) is 18.2 Å². The molecule has 51 heavy (non-hydrogen) atoms. The highest BCUT2D eigenvalue weighted by atomic mass is 32.2. The average molecular weight is 790 g/mol. The summed E-state index contributed by atoms with van der Waals surface area (Å²) in [5.74, 6) is -2.07. The van der Waals surface area contributed by atoms with Gasteiger partial charge in [-0.15, -0.1) is 10.2 Å². The van der Waals surface area contributed by atoms with Gasteiger partial charge in [0.2, 0.25) is 11.9 Å². The summed E-state index contributed by atoms with van der Waals surface area (Å²) in [7, 11) is -19.4. The number of rotatable bonds is 15. The van der Waals surface area contributed by atoms with Crippen molar-refractivity contribution >= 4 is 85.6 Å². The number of azo groups is 1. The third-order valence-electron chi connectivity index (χ3n) is 6.37. The summed E-state index contributed by atoms with van der Waals surface area (Å²) in [6, 6.07) is 4.42. The molecule has 0 fully saturated rings. The lowest BCUT2D eigenvalue weighted by molar-refractivity contribution is 0.159. The molecule has 274 valence electrons. The number of nitrogens with zero attached hydrogens (tertiary/aromatic N) is 5. The van der Waals surface area contributed by atoms with Crippen LogP contribution in [0.2, 0.25) is 0 Å². The van der Waals surface area contributed by atoms with Crippen molar-refractivity contribution in [1.82, 2.24) is 15.0 Å². The maximum atomic E-state index is 14.1. The summed E-state index contributed by atoms with van der Waals surface area (Å²) in [4.78, 5) is 7.52. The fraction of sp³-hybridized carbons (Fsp3) is 0.160. The second-order valence-electron chi connectivity index (χ2n) is 9.87. The first kappa shape index (κ1) is 38.8. The average Bonchev–Trinajstić information content (AvgIpc) is 3.00. The highest BCUT2D eigenvalue weighted by Gasteiger charge is 2.21. The number of nitrogens with one attached hydrogen (secondary N) is 2. The normalized spacial score (nSPS) is 12.7. The highest BCUT2D eigenvalue weighted by Crippen LogP contribution is 2.44. The van der Waals surface area contributed by atoms with E-state index in [9.17, 15) is 56.8 Å². The van der Waals surface area contributed by atoms with E-state index in [0.717, 1.165) is 23.6 Å². The van der Waals surface area contributed by atoms with Gasteiger partial charge in [-0.1, -0.05) is 6.58 Å². The Morgan fingerprint density at radius 1 is 0.882 bits per heavy atom. The molecule has 0 spiro atoms. The van der Waals surface area contributed by atoms with E-state index in [4.69, 9.17) is 10.5 Å². The Kier molecular flexibility index (Phi) is 11.2. The molecule has 0 unspecified atom stereocenters. The maximum absolute atomic E-state index is 14.1. The molecular weight excluding hydrogens is 768 g/mol. The van der Waals surface area contributed by atoms with Crippen LogP contribution in [0.5, 0.6) is 5.75 Å². The van der Waals surface area contributed by atoms with Crippen LogP contribution in [0.25, 0.3) is 10.8 Å². The van der Waals surface area contributed by atoms with E-state index in [1.165, 1.54) is 0 Å². The largest absolute Gasteiger partial charge is 0.744 e. The van der Waals surface area contributed by atoms with Crippen LogP contribution < -0.4 is 16.4 Å². The molecule has 0 atom stereocenters. The van der Waals surface area contributed by atoms with Gasteiger partial charge in [-0.3, -0.25) is 0 Å². The highest BCUT2D eigenvalue weighted by molar-refractivity contribution is 7.94. The van der Waals surface area contributed by atoms with Gasteiger partial charge in [0.05, 0.1) is 44.7 Å². The van der Waals surface area contributed by atoms with E-state index in [1.807, 2.05) is 0 Å². The summed E-state index contributed by atoms with van der Waals surface area (Å²) in [6.45, 7) is 2.98. The Morgan fingerprint density at radius 3 is 2.18 bits per heavy atom. The summed E-state index contributed by atoms with van der Waals surface area (Å²) in [6.07, 6.45) is -1.29. The predicted octanol–water partition coefficient (Wildman–Crippen LogP) is 1.31. The van der Waals surface area contributed by atoms with Gasteiger partial charge in [0.25, 0.3) is 0 Å². The van der Waals surface area contributed by atoms with Crippen LogP contribution in [0, 0.1) is 6.08 Å². The van der Waals surface area contributed by atoms with Gasteiger partial charge in [-0.05, 0) is 41.8 Å². The topological polar surface area (TPSA) is 349 Å². The summed E-state index contributed by atoms with van der Waals surface area (Å²) in [5.41, 5.74) is 3.23. The summed E-state index contributed by atoms with van der Waals surface area (Å²) in [5, 5.41) is 22.6. The van der Waals surface area contributed by atoms with E-state index in [1.54, 1.807) is 0 Å². The third-order valence-corrected chi connectivity index (χ3v) is 10.2. The first-order chi connectivity index (χ1) is 23.6. The molecule has 4 rings (SSSR count). The Balaban J connectivity index is 1.66. The van der Waals surface area contributed by atoms with E-state index < -0.39 is 100 Å². The standard InChI is InChI=1S/C25H25FN8O13S4/c1-2-48(36,37)8-7-47-6-5-28-24-30-23(26)31-25(32-24)29-14-3-4-16(18(11-14)50(41,42)43)33-34-22-20-13(10-19(21(22)27)51(44,45)46)9-15(12-17(20)35)49(38,39)40/h2-4,9-12,35H,1,5-8,27H2,(H,38,39,40)(H,41,42,43)(H,44,45,46)(H2,28,29,30,31,32)/p-3. The zero-order valence-electron chi connectivity index (χ0n) is 25.2. The summed E-state index contributed by atoms with van der Waals surface area (Å²) >= 11 is 0. The van der Waals surface area contributed by atoms with Gasteiger partial charge in [-0.25, -0.2) is 33.7 Å². The number of hydrogen-bond acceptors (Lipinski definition) is 21. The molecule has 21 nitrogen and oxygen atoms in total. The Morgan fingerprint density at radius 2 is 1.55 bits per heavy atom. The number of phenolic OH excluding ortho intramolecular Hbond substituents is 1. The van der Waals surface area contributed by atoms with E-state index in [-0.39, 0.29) is 37.1 Å². The molecule has 5 N–H and O–H groups in total. The first-order valence-electron chi connectivity index (χ1n) is 13.5. The predicted molar refractivity (Wildman–Crippen MR) is 171 cm³/mol. The number of sulfone groups is 1. The van der Waals surface area contributed by atoms with Crippen LogP contribution in [0.1, 0.15) is 0 Å². The minimum absolute atomic E-state index is 0.00452. The van der Waals surface area contributed by atoms with Gasteiger partial charge in [0, 0.05) is 17.6 Å². The van der Waals surface area contributed by atoms with Crippen molar-refractivity contribution in [2.75, 3.05) is 41.9 Å². The number of nitrogens with two attached hydrogens (primary N) is 1. The van der Waals surface area contributed by atoms with Crippen LogP contribution in [0.3, 0.4) is 0 Å². The van der Waals surface area contributed by atoms with Crippen molar-refractivity contribution in [1.29, 1.82) is 0 Å². The van der Waals surface area contributed by atoms with Gasteiger partial charge in [0.15, 0.2) is 9.84 Å². The molecule has 1 heterocycles. The van der Waals surface area contributed by atoms with Crippen molar-refractivity contribution in [3.8, 4) is 5.75 Å². The van der Waals surface area contributed by atoms with Gasteiger partial charge < -0.3 is 39.9 Å². The Bertz CT molecular complexity index is 2520. The molecule has 3 aromatic carbocycles. The smallest absolute Gasteiger partial charge is 0.315 e. The molecule has 1 aromatic heterocycles. The van der Waals surface area contributed by atoms with Gasteiger partial charge in [0.1, 0.15) is 47.5 Å². The molecule has 0 bridgehead atoms. The Hall–Kier alpha value is -4.96. The quantitative estimate of drug-likeness (QED) is 0.0570. The number of fused-ring (bicyclic) bond motifs is 1. The number of nitrogen functional groups attached to an aromatic ring is 1. The van der Waals surface area contributed by atoms with Crippen molar-refractivity contribution in [3.05, 3.63) is 54.5 Å². The number of aromatic hydroxyl groups is 1. The molecule has 0 amide bonds. The number of aromatic nitrogens is 3. The molecule has 4 aromatic rings. The number of hydrogen-bond donors (Lipinski definition) is 4. The van der Waals surface area contributed by atoms with Gasteiger partial charge in [-0.2, -0.15) is 19.3 Å². The molecule has 0 radical (unpaired) electrons. The van der Waals surface area contributed by atoms with Crippen LogP contribution in [-0.2, 0) is 44.9 Å². The minimum atomic E-state index is -5.40. The first-order valence-corrected chi connectivity index (χ1v) is 19.4. The SMILES string of the molecule is C=CS(=O)(=O)CCOCCNc1nc(F)nc(Nc2ccc(N=Nc3c(N)c(S(=O)(=O)[O-])cc4cc(S(=O)(=O)[O-])cc(O)c34)c(S(=O)(=O)[O-])c2)n1. The molecule has 0 aliphatic carbocycles. The van der Waals surface area contributed by atoms with Crippen LogP contribution in [-0.4, -0.2) is 92.9 Å². The number of benzene rings is 3. The summed E-state index contributed by atoms with van der Waals surface area (Å²) < 4.78 is 149. The number of anilines is 4. The van der Waals surface area contributed by atoms with Crippen LogP contribution >= 0.6 is 0 Å². The molecule has 26 heteroatoms. The fourth-order valence-electron chi connectivity index (χ4n) is 4.11. The zero-order chi connectivity index (χ0) is 37.9. The maximum Gasteiger partial charge on any atom is 0.315 e. The second-order valence-corrected chi connectivity index (χ2v) is 16.0. The molecular formula is C25H22FN8O13S4-3. The molecule has 0 saturated heterocycles. The minimum Gasteiger partial charge on any atom is -0.744 e. The third kappa shape index (κ3) is 9.85. The number of halogens is 1. The Labute approximate surface area is 288 Å². The second kappa shape index (κ2) is 14.7. The fourth-order valence-corrected chi connectivity index (χ4v) is 6.43. The van der Waals surface area contributed by atoms with Crippen LogP contribution in [0.4, 0.5) is 39.0 Å². The van der Waals surface area contributed by atoms with Crippen molar-refractivity contribution in [2.45, 2.75) is 14.7 Å². The van der Waals surface area contributed by atoms with Crippen molar-refractivity contribution in [2.24, 2.45) is 10.2 Å². The molecule has 0 aliphatic heterocycles. The van der Waals surface area contributed by atoms with E-state index in [2.05, 4.69) is 42.4 Å². The lowest BCUT2D eigenvalue weighted by Crippen LogP contribution is -2.16.